The van der Waals surface area contributed by atoms with Crippen molar-refractivity contribution in [3.8, 4) is 0 Å². The molecule has 5 heteroatoms. The maximum absolute atomic E-state index is 12.7. The van der Waals surface area contributed by atoms with E-state index in [1.807, 2.05) is 24.3 Å². The molecule has 0 saturated heterocycles. The average Bonchev–Trinajstić information content (AvgIpc) is 2.57. The van der Waals surface area contributed by atoms with Crippen LogP contribution in [0.2, 0.25) is 0 Å². The fourth-order valence-electron chi connectivity index (χ4n) is 2.37. The molecule has 1 aromatic carbocycles. The summed E-state index contributed by atoms with van der Waals surface area (Å²) in [7, 11) is 0. The van der Waals surface area contributed by atoms with Gasteiger partial charge in [0.2, 0.25) is 11.5 Å². The molecular weight excluding hydrogens is 471 g/mol. The molecule has 0 aromatic heterocycles. The van der Waals surface area contributed by atoms with Gasteiger partial charge in [0.25, 0.3) is 0 Å². The molecule has 1 heterocycles. The van der Waals surface area contributed by atoms with Crippen LogP contribution >= 0.6 is 38.5 Å². The summed E-state index contributed by atoms with van der Waals surface area (Å²) < 4.78 is 12.8. The summed E-state index contributed by atoms with van der Waals surface area (Å²) in [6.07, 6.45) is 11.9. The molecule has 1 aliphatic carbocycles. The van der Waals surface area contributed by atoms with E-state index in [0.29, 0.717) is 17.7 Å². The summed E-state index contributed by atoms with van der Waals surface area (Å²) >= 11 is 5.59. The number of allylic oxidation sites excluding steroid dienone is 5. The Morgan fingerprint density at radius 3 is 2.96 bits per heavy atom. The van der Waals surface area contributed by atoms with Gasteiger partial charge in [0.05, 0.1) is 0 Å². The van der Waals surface area contributed by atoms with Gasteiger partial charge in [-0.25, -0.2) is 0 Å². The first-order valence-corrected chi connectivity index (χ1v) is 9.07. The van der Waals surface area contributed by atoms with Crippen molar-refractivity contribution in [2.45, 2.75) is 19.3 Å². The van der Waals surface area contributed by atoms with Crippen LogP contribution in [-0.4, -0.2) is 5.78 Å². The lowest BCUT2D eigenvalue weighted by atomic mass is 10.0. The van der Waals surface area contributed by atoms with Crippen LogP contribution in [0.1, 0.15) is 29.6 Å². The zero-order valence-corrected chi connectivity index (χ0v) is 16.0. The van der Waals surface area contributed by atoms with Gasteiger partial charge >= 0.3 is 0 Å². The molecule has 0 fully saturated rings. The highest BCUT2D eigenvalue weighted by Gasteiger charge is 2.22. The molecule has 2 aliphatic rings. The fraction of sp³-hybridized carbons (Fsp3) is 0.167. The summed E-state index contributed by atoms with van der Waals surface area (Å²) in [5.74, 6) is 0.662. The molecule has 1 aromatic rings. The molecule has 0 N–H and O–H groups in total. The Hall–Kier alpha value is -1.34. The SMILES string of the molecule is O=C(C1=COC=C(CC2=CC=CCC2)O1)c1cc(I)ccc1Br. The van der Waals surface area contributed by atoms with E-state index >= 15 is 0 Å². The molecule has 0 unspecified atom stereocenters. The Balaban J connectivity index is 1.73. The lowest BCUT2D eigenvalue weighted by molar-refractivity contribution is 0.0925. The second-order valence-corrected chi connectivity index (χ2v) is 7.33. The summed E-state index contributed by atoms with van der Waals surface area (Å²) in [5.41, 5.74) is 1.83. The normalized spacial score (nSPS) is 16.7. The molecule has 0 bridgehead atoms. The molecule has 23 heavy (non-hydrogen) atoms. The minimum absolute atomic E-state index is 0.196. The van der Waals surface area contributed by atoms with Gasteiger partial charge in [-0.1, -0.05) is 39.7 Å². The predicted octanol–water partition coefficient (Wildman–Crippen LogP) is 5.63. The van der Waals surface area contributed by atoms with Crippen molar-refractivity contribution in [2.24, 2.45) is 0 Å². The fourth-order valence-corrected chi connectivity index (χ4v) is 3.28. The number of rotatable bonds is 4. The van der Waals surface area contributed by atoms with Gasteiger partial charge in [-0.3, -0.25) is 4.79 Å². The number of carbonyl (C=O) groups excluding carboxylic acids is 1. The number of Topliss-reactive ketones (excluding diaryl/α,β-unsaturated/α-hetero) is 1. The third-order valence-corrected chi connectivity index (χ3v) is 4.88. The van der Waals surface area contributed by atoms with Crippen molar-refractivity contribution in [3.05, 3.63) is 79.6 Å². The molecule has 0 spiro atoms. The monoisotopic (exact) mass is 484 g/mol. The van der Waals surface area contributed by atoms with Crippen LogP contribution in [0.5, 0.6) is 0 Å². The summed E-state index contributed by atoms with van der Waals surface area (Å²) in [5, 5.41) is 0. The number of ether oxygens (including phenoxy) is 2. The van der Waals surface area contributed by atoms with Crippen molar-refractivity contribution in [1.82, 2.24) is 0 Å². The number of hydrogen-bond acceptors (Lipinski definition) is 3. The first-order chi connectivity index (χ1) is 11.1. The van der Waals surface area contributed by atoms with Crippen molar-refractivity contribution in [2.75, 3.05) is 0 Å². The van der Waals surface area contributed by atoms with Gasteiger partial charge in [-0.2, -0.15) is 0 Å². The largest absolute Gasteiger partial charge is 0.465 e. The highest BCUT2D eigenvalue weighted by molar-refractivity contribution is 14.1. The molecule has 3 nitrogen and oxygen atoms in total. The Bertz CT molecular complexity index is 760. The molecule has 3 rings (SSSR count). The molecule has 0 amide bonds. The van der Waals surface area contributed by atoms with Gasteiger partial charge in [0.15, 0.2) is 0 Å². The van der Waals surface area contributed by atoms with Gasteiger partial charge in [0.1, 0.15) is 18.3 Å². The number of halogens is 2. The predicted molar refractivity (Wildman–Crippen MR) is 101 cm³/mol. The quantitative estimate of drug-likeness (QED) is 0.410. The molecule has 1 aliphatic heterocycles. The Labute approximate surface area is 157 Å². The van der Waals surface area contributed by atoms with Crippen molar-refractivity contribution in [3.63, 3.8) is 0 Å². The first kappa shape index (κ1) is 16.5. The van der Waals surface area contributed by atoms with E-state index < -0.39 is 0 Å². The van der Waals surface area contributed by atoms with Gasteiger partial charge in [-0.15, -0.1) is 0 Å². The maximum Gasteiger partial charge on any atom is 0.232 e. The van der Waals surface area contributed by atoms with E-state index in [-0.39, 0.29) is 11.5 Å². The van der Waals surface area contributed by atoms with Crippen molar-refractivity contribution in [1.29, 1.82) is 0 Å². The van der Waals surface area contributed by atoms with E-state index in [4.69, 9.17) is 9.47 Å². The highest BCUT2D eigenvalue weighted by atomic mass is 127. The second-order valence-electron chi connectivity index (χ2n) is 5.23. The smallest absolute Gasteiger partial charge is 0.232 e. The minimum atomic E-state index is -0.196. The average molecular weight is 485 g/mol. The van der Waals surface area contributed by atoms with Gasteiger partial charge < -0.3 is 9.47 Å². The Morgan fingerprint density at radius 2 is 2.17 bits per heavy atom. The zero-order chi connectivity index (χ0) is 16.2. The van der Waals surface area contributed by atoms with Crippen LogP contribution in [0, 0.1) is 3.57 Å². The highest BCUT2D eigenvalue weighted by Crippen LogP contribution is 2.28. The van der Waals surface area contributed by atoms with Crippen LogP contribution in [0.4, 0.5) is 0 Å². The van der Waals surface area contributed by atoms with Gasteiger partial charge in [0, 0.05) is 20.0 Å². The van der Waals surface area contributed by atoms with Crippen LogP contribution in [0.3, 0.4) is 0 Å². The summed E-state index contributed by atoms with van der Waals surface area (Å²) in [6, 6.07) is 5.61. The first-order valence-electron chi connectivity index (χ1n) is 7.20. The minimum Gasteiger partial charge on any atom is -0.465 e. The van der Waals surface area contributed by atoms with Crippen molar-refractivity contribution < 1.29 is 14.3 Å². The van der Waals surface area contributed by atoms with E-state index in [2.05, 4.69) is 50.7 Å². The number of carbonyl (C=O) groups is 1. The summed E-state index contributed by atoms with van der Waals surface area (Å²) in [4.78, 5) is 12.7. The van der Waals surface area contributed by atoms with Crippen molar-refractivity contribution >= 4 is 44.3 Å². The Kier molecular flexibility index (Phi) is 5.38. The van der Waals surface area contributed by atoms with E-state index in [0.717, 1.165) is 20.9 Å². The number of hydrogen-bond donors (Lipinski definition) is 0. The van der Waals surface area contributed by atoms with E-state index in [9.17, 15) is 4.79 Å². The third kappa shape index (κ3) is 4.14. The molecule has 0 radical (unpaired) electrons. The Morgan fingerprint density at radius 1 is 1.30 bits per heavy atom. The van der Waals surface area contributed by atoms with E-state index in [1.165, 1.54) is 11.8 Å². The molecule has 118 valence electrons. The van der Waals surface area contributed by atoms with Crippen LogP contribution < -0.4 is 0 Å². The standard InChI is InChI=1S/C18H14BrIO3/c19-16-7-6-13(20)9-15(16)18(21)17-11-22-10-14(23-17)8-12-4-2-1-3-5-12/h1-2,4,6-7,9-11H,3,5,8H2. The maximum atomic E-state index is 12.7. The second kappa shape index (κ2) is 7.49. The van der Waals surface area contributed by atoms with Crippen LogP contribution in [-0.2, 0) is 9.47 Å². The lowest BCUT2D eigenvalue weighted by Crippen LogP contribution is -2.12. The van der Waals surface area contributed by atoms with E-state index in [1.54, 1.807) is 6.26 Å². The molecule has 0 saturated carbocycles. The third-order valence-electron chi connectivity index (χ3n) is 3.51. The van der Waals surface area contributed by atoms with Gasteiger partial charge in [-0.05, 0) is 53.6 Å². The zero-order valence-electron chi connectivity index (χ0n) is 12.2. The lowest BCUT2D eigenvalue weighted by Gasteiger charge is -2.18. The topological polar surface area (TPSA) is 35.5 Å². The summed E-state index contributed by atoms with van der Waals surface area (Å²) in [6.45, 7) is 0. The van der Waals surface area contributed by atoms with Crippen LogP contribution in [0.15, 0.2) is 70.5 Å². The molecule has 0 atom stereocenters. The van der Waals surface area contributed by atoms with Crippen LogP contribution in [0.25, 0.3) is 0 Å². The number of benzene rings is 1. The molecular formula is C18H14BrIO3. The number of ketones is 1.